The van der Waals surface area contributed by atoms with Crippen molar-refractivity contribution in [3.05, 3.63) is 77.5 Å². The summed E-state index contributed by atoms with van der Waals surface area (Å²) in [5.41, 5.74) is 3.95. The minimum atomic E-state index is -1.71. The van der Waals surface area contributed by atoms with E-state index < -0.39 is 64.9 Å². The van der Waals surface area contributed by atoms with Crippen molar-refractivity contribution in [1.29, 1.82) is 0 Å². The van der Waals surface area contributed by atoms with Gasteiger partial charge < -0.3 is 26.0 Å². The Hall–Kier alpha value is -3.87. The molecule has 2 aromatic heterocycles. The first-order chi connectivity index (χ1) is 16.7. The van der Waals surface area contributed by atoms with Gasteiger partial charge in [0.2, 0.25) is 5.91 Å². The van der Waals surface area contributed by atoms with E-state index in [9.17, 15) is 33.0 Å². The van der Waals surface area contributed by atoms with Gasteiger partial charge in [-0.25, -0.2) is 18.2 Å². The molecule has 5 N–H and O–H groups in total. The number of amides is 2. The molecule has 4 rings (SSSR count). The number of ether oxygens (including phenoxy) is 1. The Bertz CT molecular complexity index is 1270. The molecule has 1 saturated heterocycles. The van der Waals surface area contributed by atoms with Crippen LogP contribution in [-0.4, -0.2) is 44.4 Å². The molecule has 0 unspecified atom stereocenters. The van der Waals surface area contributed by atoms with Crippen molar-refractivity contribution in [2.24, 2.45) is 11.7 Å². The number of primary amides is 1. The Kier molecular flexibility index (Phi) is 6.78. The van der Waals surface area contributed by atoms with Crippen LogP contribution in [0.15, 0.2) is 48.8 Å². The molecule has 35 heavy (non-hydrogen) atoms. The van der Waals surface area contributed by atoms with Crippen LogP contribution in [0.1, 0.15) is 28.6 Å². The van der Waals surface area contributed by atoms with Crippen molar-refractivity contribution in [3.8, 4) is 11.3 Å². The number of anilines is 1. The van der Waals surface area contributed by atoms with Gasteiger partial charge in [0.15, 0.2) is 6.29 Å². The number of halogens is 3. The number of carbonyl (C=O) groups is 2. The summed E-state index contributed by atoms with van der Waals surface area (Å²) in [6.45, 7) is 0. The number of hydrogen-bond donors (Lipinski definition) is 4. The fraction of sp³-hybridized carbons (Fsp3) is 0.217. The van der Waals surface area contributed by atoms with Crippen molar-refractivity contribution < 1.29 is 37.7 Å². The van der Waals surface area contributed by atoms with Crippen molar-refractivity contribution in [3.63, 3.8) is 0 Å². The van der Waals surface area contributed by atoms with Crippen LogP contribution in [0.25, 0.3) is 11.3 Å². The normalized spacial score (nSPS) is 22.0. The third kappa shape index (κ3) is 4.85. The summed E-state index contributed by atoms with van der Waals surface area (Å²) < 4.78 is 48.1. The summed E-state index contributed by atoms with van der Waals surface area (Å²) >= 11 is 0. The molecular weight excluding hydrogens is 469 g/mol. The number of pyridine rings is 2. The van der Waals surface area contributed by atoms with E-state index in [0.717, 1.165) is 30.3 Å². The zero-order chi connectivity index (χ0) is 25.3. The molecule has 1 fully saturated rings. The Labute approximate surface area is 196 Å². The van der Waals surface area contributed by atoms with E-state index in [1.165, 1.54) is 18.5 Å². The van der Waals surface area contributed by atoms with Crippen molar-refractivity contribution in [2.75, 3.05) is 5.32 Å². The summed E-state index contributed by atoms with van der Waals surface area (Å²) in [5.74, 6) is -5.95. The molecule has 0 bridgehead atoms. The average molecular weight is 488 g/mol. The van der Waals surface area contributed by atoms with Gasteiger partial charge in [-0.05, 0) is 36.8 Å². The van der Waals surface area contributed by atoms with Gasteiger partial charge in [0.05, 0.1) is 29.5 Å². The third-order valence-corrected chi connectivity index (χ3v) is 5.57. The van der Waals surface area contributed by atoms with Gasteiger partial charge >= 0.3 is 0 Å². The van der Waals surface area contributed by atoms with Crippen LogP contribution < -0.4 is 11.1 Å². The standard InChI is InChI=1S/C23H19F3N4O5/c24-12-2-1-3-13(25)18(12)19-14(26)4-5-15(29-19)22(33)30-16-9-28-7-6-10(16)17-8-11(21(27)32)20(31)23(34)35-17/h1-7,9,11,17,20,23,31,34H,8H2,(H2,27,32)(H,30,33)/t11-,17-,20+,23+/m0/s1. The van der Waals surface area contributed by atoms with Crippen LogP contribution in [0.5, 0.6) is 0 Å². The smallest absolute Gasteiger partial charge is 0.274 e. The third-order valence-electron chi connectivity index (χ3n) is 5.57. The van der Waals surface area contributed by atoms with E-state index in [0.29, 0.717) is 5.56 Å². The first-order valence-electron chi connectivity index (χ1n) is 10.3. The minimum Gasteiger partial charge on any atom is -0.387 e. The largest absolute Gasteiger partial charge is 0.387 e. The van der Waals surface area contributed by atoms with Crippen LogP contribution in [0.3, 0.4) is 0 Å². The maximum Gasteiger partial charge on any atom is 0.274 e. The second kappa shape index (κ2) is 9.78. The van der Waals surface area contributed by atoms with Crippen LogP contribution >= 0.6 is 0 Å². The molecule has 182 valence electrons. The SMILES string of the molecule is NC(=O)[C@H]1C[C@@H](c2ccncc2NC(=O)c2ccc(F)c(-c3c(F)cccc3F)n2)O[C@@H](O)[C@@H]1O. The number of aliphatic hydroxyl groups excluding tert-OH is 2. The monoisotopic (exact) mass is 488 g/mol. The maximum absolute atomic E-state index is 14.3. The zero-order valence-electron chi connectivity index (χ0n) is 17.9. The van der Waals surface area contributed by atoms with Crippen LogP contribution in [-0.2, 0) is 9.53 Å². The molecule has 0 saturated carbocycles. The van der Waals surface area contributed by atoms with Crippen molar-refractivity contribution in [2.45, 2.75) is 24.9 Å². The highest BCUT2D eigenvalue weighted by atomic mass is 19.1. The Morgan fingerprint density at radius 3 is 2.46 bits per heavy atom. The molecule has 9 nitrogen and oxygen atoms in total. The fourth-order valence-electron chi connectivity index (χ4n) is 3.80. The second-order valence-corrected chi connectivity index (χ2v) is 7.79. The second-order valence-electron chi connectivity index (χ2n) is 7.79. The first-order valence-corrected chi connectivity index (χ1v) is 10.3. The quantitative estimate of drug-likeness (QED) is 0.430. The number of nitrogens with one attached hydrogen (secondary N) is 1. The average Bonchev–Trinajstić information content (AvgIpc) is 2.82. The molecule has 0 aliphatic carbocycles. The van der Waals surface area contributed by atoms with E-state index in [4.69, 9.17) is 10.5 Å². The molecule has 1 aromatic carbocycles. The number of hydrogen-bond acceptors (Lipinski definition) is 7. The van der Waals surface area contributed by atoms with Crippen molar-refractivity contribution >= 4 is 17.5 Å². The van der Waals surface area contributed by atoms with Crippen LogP contribution in [0, 0.1) is 23.4 Å². The van der Waals surface area contributed by atoms with Gasteiger partial charge in [0, 0.05) is 11.8 Å². The van der Waals surface area contributed by atoms with Crippen LogP contribution in [0.4, 0.5) is 18.9 Å². The van der Waals surface area contributed by atoms with E-state index in [1.54, 1.807) is 0 Å². The molecule has 12 heteroatoms. The summed E-state index contributed by atoms with van der Waals surface area (Å²) in [7, 11) is 0. The Morgan fingerprint density at radius 1 is 1.06 bits per heavy atom. The Balaban J connectivity index is 1.63. The lowest BCUT2D eigenvalue weighted by Gasteiger charge is -2.36. The van der Waals surface area contributed by atoms with Crippen molar-refractivity contribution in [1.82, 2.24) is 9.97 Å². The predicted molar refractivity (Wildman–Crippen MR) is 115 cm³/mol. The molecule has 3 heterocycles. The molecule has 1 aliphatic rings. The highest BCUT2D eigenvalue weighted by Crippen LogP contribution is 2.37. The number of rotatable bonds is 5. The molecule has 2 amide bonds. The Morgan fingerprint density at radius 2 is 1.77 bits per heavy atom. The van der Waals surface area contributed by atoms with Gasteiger partial charge in [0.25, 0.3) is 5.91 Å². The van der Waals surface area contributed by atoms with Gasteiger partial charge in [0.1, 0.15) is 34.9 Å². The summed E-state index contributed by atoms with van der Waals surface area (Å²) in [6, 6.07) is 6.32. The summed E-state index contributed by atoms with van der Waals surface area (Å²) in [6.07, 6.45) is -1.64. The molecule has 0 radical (unpaired) electrons. The van der Waals surface area contributed by atoms with E-state index in [2.05, 4.69) is 15.3 Å². The van der Waals surface area contributed by atoms with Gasteiger partial charge in [-0.3, -0.25) is 14.6 Å². The lowest BCUT2D eigenvalue weighted by atomic mass is 9.88. The molecule has 4 atom stereocenters. The summed E-state index contributed by atoms with van der Waals surface area (Å²) in [4.78, 5) is 32.3. The van der Waals surface area contributed by atoms with Crippen LogP contribution in [0.2, 0.25) is 0 Å². The van der Waals surface area contributed by atoms with E-state index in [1.807, 2.05) is 0 Å². The number of aromatic nitrogens is 2. The van der Waals surface area contributed by atoms with Gasteiger partial charge in [-0.2, -0.15) is 0 Å². The zero-order valence-corrected chi connectivity index (χ0v) is 17.9. The highest BCUT2D eigenvalue weighted by molar-refractivity contribution is 6.03. The predicted octanol–water partition coefficient (Wildman–Crippen LogP) is 2.06. The highest BCUT2D eigenvalue weighted by Gasteiger charge is 2.41. The lowest BCUT2D eigenvalue weighted by Crippen LogP contribution is -2.47. The number of aliphatic hydroxyl groups is 2. The molecule has 0 spiro atoms. The number of benzene rings is 1. The first kappa shape index (κ1) is 24.3. The van der Waals surface area contributed by atoms with Gasteiger partial charge in [-0.1, -0.05) is 6.07 Å². The maximum atomic E-state index is 14.3. The molecule has 1 aliphatic heterocycles. The molecule has 3 aromatic rings. The van der Waals surface area contributed by atoms with Gasteiger partial charge in [-0.15, -0.1) is 0 Å². The number of nitrogens with zero attached hydrogens (tertiary/aromatic N) is 2. The number of nitrogens with two attached hydrogens (primary N) is 1. The van der Waals surface area contributed by atoms with E-state index >= 15 is 0 Å². The fourth-order valence-corrected chi connectivity index (χ4v) is 3.80. The number of carbonyl (C=O) groups excluding carboxylic acids is 2. The summed E-state index contributed by atoms with van der Waals surface area (Å²) in [5, 5.41) is 22.5. The van der Waals surface area contributed by atoms with E-state index in [-0.39, 0.29) is 17.8 Å². The lowest BCUT2D eigenvalue weighted by molar-refractivity contribution is -0.234. The molecular formula is C23H19F3N4O5. The minimum absolute atomic E-state index is 0.0913. The topological polar surface area (TPSA) is 148 Å².